The lowest BCUT2D eigenvalue weighted by Crippen LogP contribution is -2.31. The van der Waals surface area contributed by atoms with Gasteiger partial charge in [0, 0.05) is 12.6 Å². The molecule has 3 nitrogen and oxygen atoms in total. The number of hydrogen-bond donors (Lipinski definition) is 2. The highest BCUT2D eigenvalue weighted by Crippen LogP contribution is 2.34. The summed E-state index contributed by atoms with van der Waals surface area (Å²) in [5.74, 6) is 1.78. The van der Waals surface area contributed by atoms with Crippen LogP contribution in [0.5, 0.6) is 0 Å². The van der Waals surface area contributed by atoms with Crippen molar-refractivity contribution in [3.05, 3.63) is 23.7 Å². The Kier molecular flexibility index (Phi) is 3.44. The van der Waals surface area contributed by atoms with Gasteiger partial charge in [-0.3, -0.25) is 0 Å². The van der Waals surface area contributed by atoms with Crippen molar-refractivity contribution in [2.24, 2.45) is 5.92 Å². The molecule has 0 aliphatic heterocycles. The molecule has 2 rings (SSSR count). The van der Waals surface area contributed by atoms with E-state index in [2.05, 4.69) is 12.2 Å². The first-order valence-corrected chi connectivity index (χ1v) is 5.68. The van der Waals surface area contributed by atoms with Crippen molar-refractivity contribution in [2.75, 3.05) is 6.61 Å². The minimum Gasteiger partial charge on any atom is -0.468 e. The lowest BCUT2D eigenvalue weighted by Gasteiger charge is -2.16. The van der Waals surface area contributed by atoms with E-state index in [1.54, 1.807) is 6.26 Å². The summed E-state index contributed by atoms with van der Waals surface area (Å²) in [5.41, 5.74) is 1.20. The number of aliphatic hydroxyl groups excluding tert-OH is 1. The van der Waals surface area contributed by atoms with E-state index in [9.17, 15) is 0 Å². The summed E-state index contributed by atoms with van der Waals surface area (Å²) in [7, 11) is 0. The molecule has 1 aromatic heterocycles. The van der Waals surface area contributed by atoms with Crippen LogP contribution in [0, 0.1) is 12.8 Å². The Morgan fingerprint density at radius 3 is 2.93 bits per heavy atom. The van der Waals surface area contributed by atoms with Gasteiger partial charge in [-0.25, -0.2) is 0 Å². The fourth-order valence-corrected chi connectivity index (χ4v) is 1.95. The van der Waals surface area contributed by atoms with E-state index < -0.39 is 0 Å². The van der Waals surface area contributed by atoms with Crippen LogP contribution in [-0.4, -0.2) is 17.8 Å². The van der Waals surface area contributed by atoms with Crippen molar-refractivity contribution in [1.82, 2.24) is 5.32 Å². The third kappa shape index (κ3) is 2.83. The summed E-state index contributed by atoms with van der Waals surface area (Å²) in [5, 5.41) is 12.4. The molecule has 15 heavy (non-hydrogen) atoms. The van der Waals surface area contributed by atoms with Crippen LogP contribution >= 0.6 is 0 Å². The predicted molar refractivity (Wildman–Crippen MR) is 58.5 cm³/mol. The maximum atomic E-state index is 8.96. The van der Waals surface area contributed by atoms with Crippen molar-refractivity contribution in [3.8, 4) is 0 Å². The largest absolute Gasteiger partial charge is 0.468 e. The van der Waals surface area contributed by atoms with E-state index in [1.165, 1.54) is 18.4 Å². The molecule has 1 saturated carbocycles. The number of furan rings is 1. The van der Waals surface area contributed by atoms with Crippen LogP contribution in [0.3, 0.4) is 0 Å². The van der Waals surface area contributed by atoms with Crippen LogP contribution in [0.1, 0.15) is 30.6 Å². The van der Waals surface area contributed by atoms with Gasteiger partial charge in [-0.15, -0.1) is 0 Å². The smallest absolute Gasteiger partial charge is 0.120 e. The molecular formula is C12H19NO2. The standard InChI is InChI=1S/C12H19NO2/c1-9-5-7-15-12(9)8-13-11(4-6-14)10-2-3-10/h5,7,10-11,13-14H,2-4,6,8H2,1H3. The Morgan fingerprint density at radius 2 is 2.40 bits per heavy atom. The molecule has 3 heteroatoms. The highest BCUT2D eigenvalue weighted by atomic mass is 16.3. The molecule has 84 valence electrons. The maximum absolute atomic E-state index is 8.96. The minimum atomic E-state index is 0.269. The second-order valence-electron chi connectivity index (χ2n) is 4.36. The van der Waals surface area contributed by atoms with Gasteiger partial charge in [0.25, 0.3) is 0 Å². The van der Waals surface area contributed by atoms with Crippen molar-refractivity contribution >= 4 is 0 Å². The quantitative estimate of drug-likeness (QED) is 0.751. The lowest BCUT2D eigenvalue weighted by molar-refractivity contribution is 0.253. The summed E-state index contributed by atoms with van der Waals surface area (Å²) in [6.45, 7) is 3.10. The first-order valence-electron chi connectivity index (χ1n) is 5.68. The van der Waals surface area contributed by atoms with Gasteiger partial charge < -0.3 is 14.8 Å². The number of aliphatic hydroxyl groups is 1. The summed E-state index contributed by atoms with van der Waals surface area (Å²) in [6, 6.07) is 2.44. The highest BCUT2D eigenvalue weighted by Gasteiger charge is 2.30. The predicted octanol–water partition coefficient (Wildman–Crippen LogP) is 1.84. The van der Waals surface area contributed by atoms with Crippen LogP contribution in [0.2, 0.25) is 0 Å². The van der Waals surface area contributed by atoms with E-state index in [1.807, 2.05) is 6.07 Å². The maximum Gasteiger partial charge on any atom is 0.120 e. The lowest BCUT2D eigenvalue weighted by atomic mass is 10.1. The zero-order valence-electron chi connectivity index (χ0n) is 9.20. The summed E-state index contributed by atoms with van der Waals surface area (Å²) >= 11 is 0. The van der Waals surface area contributed by atoms with Gasteiger partial charge in [0.15, 0.2) is 0 Å². The van der Waals surface area contributed by atoms with Crippen LogP contribution in [0.15, 0.2) is 16.7 Å². The zero-order chi connectivity index (χ0) is 10.7. The zero-order valence-corrected chi connectivity index (χ0v) is 9.20. The third-order valence-corrected chi connectivity index (χ3v) is 3.12. The number of rotatable bonds is 6. The Balaban J connectivity index is 1.82. The van der Waals surface area contributed by atoms with Crippen LogP contribution < -0.4 is 5.32 Å². The average Bonchev–Trinajstić information content (AvgIpc) is 2.98. The van der Waals surface area contributed by atoms with E-state index in [4.69, 9.17) is 9.52 Å². The van der Waals surface area contributed by atoms with Gasteiger partial charge in [-0.05, 0) is 43.7 Å². The molecule has 0 bridgehead atoms. The Labute approximate surface area is 90.5 Å². The van der Waals surface area contributed by atoms with Crippen LogP contribution in [0.4, 0.5) is 0 Å². The Hall–Kier alpha value is -0.800. The van der Waals surface area contributed by atoms with Crippen molar-refractivity contribution < 1.29 is 9.52 Å². The number of aryl methyl sites for hydroxylation is 1. The van der Waals surface area contributed by atoms with Crippen molar-refractivity contribution in [3.63, 3.8) is 0 Å². The highest BCUT2D eigenvalue weighted by molar-refractivity contribution is 5.14. The van der Waals surface area contributed by atoms with Crippen molar-refractivity contribution in [2.45, 2.75) is 38.8 Å². The summed E-state index contributed by atoms with van der Waals surface area (Å²) in [4.78, 5) is 0. The summed E-state index contributed by atoms with van der Waals surface area (Å²) < 4.78 is 5.37. The van der Waals surface area contributed by atoms with Gasteiger partial charge in [0.2, 0.25) is 0 Å². The van der Waals surface area contributed by atoms with E-state index in [0.717, 1.165) is 24.6 Å². The fraction of sp³-hybridized carbons (Fsp3) is 0.667. The van der Waals surface area contributed by atoms with Crippen molar-refractivity contribution in [1.29, 1.82) is 0 Å². The molecule has 1 atom stereocenters. The second kappa shape index (κ2) is 4.81. The third-order valence-electron chi connectivity index (χ3n) is 3.12. The van der Waals surface area contributed by atoms with Gasteiger partial charge >= 0.3 is 0 Å². The molecule has 1 aromatic rings. The van der Waals surface area contributed by atoms with E-state index in [0.29, 0.717) is 6.04 Å². The van der Waals surface area contributed by atoms with Gasteiger partial charge in [0.1, 0.15) is 5.76 Å². The monoisotopic (exact) mass is 209 g/mol. The molecule has 1 aliphatic carbocycles. The summed E-state index contributed by atoms with van der Waals surface area (Å²) in [6.07, 6.45) is 5.18. The number of hydrogen-bond acceptors (Lipinski definition) is 3. The molecule has 1 heterocycles. The average molecular weight is 209 g/mol. The normalized spacial score (nSPS) is 18.0. The van der Waals surface area contributed by atoms with Gasteiger partial charge in [-0.2, -0.15) is 0 Å². The molecule has 1 unspecified atom stereocenters. The van der Waals surface area contributed by atoms with Gasteiger partial charge in [-0.1, -0.05) is 0 Å². The first-order chi connectivity index (χ1) is 7.31. The minimum absolute atomic E-state index is 0.269. The number of nitrogens with one attached hydrogen (secondary N) is 1. The molecule has 0 amide bonds. The first kappa shape index (κ1) is 10.7. The molecular weight excluding hydrogens is 190 g/mol. The molecule has 0 saturated heterocycles. The molecule has 0 radical (unpaired) electrons. The van der Waals surface area contributed by atoms with E-state index >= 15 is 0 Å². The Morgan fingerprint density at radius 1 is 1.60 bits per heavy atom. The van der Waals surface area contributed by atoms with E-state index in [-0.39, 0.29) is 6.61 Å². The topological polar surface area (TPSA) is 45.4 Å². The molecule has 1 aliphatic rings. The molecule has 2 N–H and O–H groups in total. The van der Waals surface area contributed by atoms with Crippen LogP contribution in [0.25, 0.3) is 0 Å². The molecule has 0 spiro atoms. The molecule has 1 fully saturated rings. The fourth-order valence-electron chi connectivity index (χ4n) is 1.95. The molecule has 0 aromatic carbocycles. The SMILES string of the molecule is Cc1ccoc1CNC(CCO)C1CC1. The van der Waals surface area contributed by atoms with Gasteiger partial charge in [0.05, 0.1) is 12.8 Å². The second-order valence-corrected chi connectivity index (χ2v) is 4.36. The van der Waals surface area contributed by atoms with Crippen LogP contribution in [-0.2, 0) is 6.54 Å². The Bertz CT molecular complexity index is 304.